The van der Waals surface area contributed by atoms with E-state index < -0.39 is 28.5 Å². The molecule has 0 aliphatic heterocycles. The van der Waals surface area contributed by atoms with E-state index in [-0.39, 0.29) is 23.8 Å². The predicted molar refractivity (Wildman–Crippen MR) is 185 cm³/mol. The molecule has 4 aromatic rings. The summed E-state index contributed by atoms with van der Waals surface area (Å²) in [6.45, 7) is 9.85. The van der Waals surface area contributed by atoms with E-state index in [1.807, 2.05) is 88.4 Å². The molecule has 1 atom stereocenters. The van der Waals surface area contributed by atoms with Crippen molar-refractivity contribution in [3.8, 4) is 0 Å². The van der Waals surface area contributed by atoms with Gasteiger partial charge in [-0.05, 0) is 80.1 Å². The molecule has 0 saturated heterocycles. The number of carbonyl (C=O) groups excluding carboxylic acids is 2. The lowest BCUT2D eigenvalue weighted by atomic mass is 10.0. The third kappa shape index (κ3) is 8.43. The maximum absolute atomic E-state index is 14.7. The lowest BCUT2D eigenvalue weighted by molar-refractivity contribution is -0.140. The van der Waals surface area contributed by atoms with Crippen molar-refractivity contribution in [2.24, 2.45) is 0 Å². The number of benzene rings is 4. The Morgan fingerprint density at radius 3 is 2.11 bits per heavy atom. The zero-order valence-corrected chi connectivity index (χ0v) is 28.3. The van der Waals surface area contributed by atoms with Gasteiger partial charge in [0.05, 0.1) is 10.6 Å². The van der Waals surface area contributed by atoms with E-state index in [2.05, 4.69) is 12.2 Å². The van der Waals surface area contributed by atoms with Crippen LogP contribution in [0.3, 0.4) is 0 Å². The second kappa shape index (κ2) is 15.7. The monoisotopic (exact) mass is 639 g/mol. The second-order valence-corrected chi connectivity index (χ2v) is 13.7. The Kier molecular flexibility index (Phi) is 11.8. The van der Waals surface area contributed by atoms with Crippen molar-refractivity contribution < 1.29 is 18.0 Å². The molecule has 242 valence electrons. The lowest BCUT2D eigenvalue weighted by Crippen LogP contribution is -2.53. The van der Waals surface area contributed by atoms with Crippen molar-refractivity contribution in [2.75, 3.05) is 17.4 Å². The molecule has 4 rings (SSSR count). The van der Waals surface area contributed by atoms with Gasteiger partial charge in [0.25, 0.3) is 10.0 Å². The van der Waals surface area contributed by atoms with Gasteiger partial charge in [-0.2, -0.15) is 0 Å². The minimum absolute atomic E-state index is 0.0930. The zero-order chi connectivity index (χ0) is 33.3. The predicted octanol–water partition coefficient (Wildman–Crippen LogP) is 6.67. The maximum Gasteiger partial charge on any atom is 0.264 e. The van der Waals surface area contributed by atoms with Crippen LogP contribution in [0.25, 0.3) is 0 Å². The lowest BCUT2D eigenvalue weighted by Gasteiger charge is -2.34. The number of unbranched alkanes of at least 4 members (excludes halogenated alkanes) is 1. The Balaban J connectivity index is 1.83. The van der Waals surface area contributed by atoms with Crippen LogP contribution in [0.15, 0.2) is 102 Å². The molecule has 4 aromatic carbocycles. The molecule has 0 radical (unpaired) electrons. The molecule has 0 aliphatic carbocycles. The molecule has 46 heavy (non-hydrogen) atoms. The molecule has 0 spiro atoms. The van der Waals surface area contributed by atoms with Gasteiger partial charge in [-0.15, -0.1) is 0 Å². The van der Waals surface area contributed by atoms with Crippen molar-refractivity contribution in [3.63, 3.8) is 0 Å². The molecular weight excluding hydrogens is 595 g/mol. The smallest absolute Gasteiger partial charge is 0.264 e. The maximum atomic E-state index is 14.7. The van der Waals surface area contributed by atoms with E-state index >= 15 is 0 Å². The summed E-state index contributed by atoms with van der Waals surface area (Å²) in [5, 5.41) is 3.04. The van der Waals surface area contributed by atoms with Crippen LogP contribution in [0, 0.1) is 27.7 Å². The Morgan fingerprint density at radius 2 is 1.43 bits per heavy atom. The van der Waals surface area contributed by atoms with E-state index in [4.69, 9.17) is 0 Å². The molecular formula is C38H45N3O4S. The number of rotatable bonds is 14. The summed E-state index contributed by atoms with van der Waals surface area (Å²) in [4.78, 5) is 30.2. The quantitative estimate of drug-likeness (QED) is 0.156. The average Bonchev–Trinajstić information content (AvgIpc) is 3.04. The molecule has 1 N–H and O–H groups in total. The first kappa shape index (κ1) is 34.4. The second-order valence-electron chi connectivity index (χ2n) is 11.8. The zero-order valence-electron chi connectivity index (χ0n) is 27.5. The SMILES string of the molecule is CCCCNC(=O)[C@H](Cc1ccccc1)N(Cc1ccccc1C)C(=O)CN(c1cccc(C)c1C)S(=O)(=O)c1ccc(C)cc1. The highest BCUT2D eigenvalue weighted by Crippen LogP contribution is 2.29. The Morgan fingerprint density at radius 1 is 0.783 bits per heavy atom. The fraction of sp³-hybridized carbons (Fsp3) is 0.316. The van der Waals surface area contributed by atoms with E-state index in [9.17, 15) is 18.0 Å². The number of hydrogen-bond acceptors (Lipinski definition) is 4. The number of anilines is 1. The topological polar surface area (TPSA) is 86.8 Å². The number of aryl methyl sites for hydroxylation is 3. The van der Waals surface area contributed by atoms with Gasteiger partial charge in [-0.1, -0.05) is 97.8 Å². The molecule has 0 fully saturated rings. The third-order valence-electron chi connectivity index (χ3n) is 8.44. The highest BCUT2D eigenvalue weighted by molar-refractivity contribution is 7.92. The first-order chi connectivity index (χ1) is 22.0. The van der Waals surface area contributed by atoms with E-state index in [1.54, 1.807) is 41.3 Å². The van der Waals surface area contributed by atoms with E-state index in [0.29, 0.717) is 12.2 Å². The molecule has 0 aromatic heterocycles. The highest BCUT2D eigenvalue weighted by atomic mass is 32.2. The summed E-state index contributed by atoms with van der Waals surface area (Å²) >= 11 is 0. The van der Waals surface area contributed by atoms with Gasteiger partial charge in [-0.25, -0.2) is 8.42 Å². The van der Waals surface area contributed by atoms with Crippen molar-refractivity contribution in [2.45, 2.75) is 71.4 Å². The van der Waals surface area contributed by atoms with Crippen LogP contribution in [0.4, 0.5) is 5.69 Å². The van der Waals surface area contributed by atoms with Crippen molar-refractivity contribution in [1.29, 1.82) is 0 Å². The van der Waals surface area contributed by atoms with Crippen molar-refractivity contribution in [1.82, 2.24) is 10.2 Å². The van der Waals surface area contributed by atoms with Crippen LogP contribution < -0.4 is 9.62 Å². The summed E-state index contributed by atoms with van der Waals surface area (Å²) in [7, 11) is -4.16. The molecule has 0 bridgehead atoms. The highest BCUT2D eigenvalue weighted by Gasteiger charge is 2.35. The fourth-order valence-electron chi connectivity index (χ4n) is 5.39. The molecule has 0 unspecified atom stereocenters. The average molecular weight is 640 g/mol. The van der Waals surface area contributed by atoms with Gasteiger partial charge in [0, 0.05) is 19.5 Å². The van der Waals surface area contributed by atoms with Crippen molar-refractivity contribution in [3.05, 3.63) is 130 Å². The van der Waals surface area contributed by atoms with Crippen LogP contribution in [-0.4, -0.2) is 44.3 Å². The summed E-state index contributed by atoms with van der Waals surface area (Å²) in [5.74, 6) is -0.731. The summed E-state index contributed by atoms with van der Waals surface area (Å²) in [6.07, 6.45) is 2.01. The van der Waals surface area contributed by atoms with Gasteiger partial charge in [-0.3, -0.25) is 13.9 Å². The largest absolute Gasteiger partial charge is 0.354 e. The number of hydrogen-bond donors (Lipinski definition) is 1. The number of carbonyl (C=O) groups is 2. The Labute approximate surface area is 274 Å². The minimum Gasteiger partial charge on any atom is -0.354 e. The number of sulfonamides is 1. The van der Waals surface area contributed by atoms with Gasteiger partial charge < -0.3 is 10.2 Å². The van der Waals surface area contributed by atoms with Gasteiger partial charge in [0.1, 0.15) is 12.6 Å². The number of amides is 2. The first-order valence-electron chi connectivity index (χ1n) is 15.8. The van der Waals surface area contributed by atoms with E-state index in [0.717, 1.165) is 46.2 Å². The fourth-order valence-corrected chi connectivity index (χ4v) is 6.86. The standard InChI is InChI=1S/C38H45N3O4S/c1-6-7-24-39-38(43)36(25-32-16-9-8-10-17-32)40(26-33-18-12-11-14-30(33)4)37(42)27-41(35-19-13-15-29(3)31(35)5)46(44,45)34-22-20-28(2)21-23-34/h8-23,36H,6-7,24-27H2,1-5H3,(H,39,43)/t36-/m0/s1. The van der Waals surface area contributed by atoms with Crippen LogP contribution >= 0.6 is 0 Å². The van der Waals surface area contributed by atoms with Crippen LogP contribution in [0.2, 0.25) is 0 Å². The normalized spacial score (nSPS) is 11.9. The van der Waals surface area contributed by atoms with Gasteiger partial charge in [0.2, 0.25) is 11.8 Å². The number of nitrogens with one attached hydrogen (secondary N) is 1. The minimum atomic E-state index is -4.16. The van der Waals surface area contributed by atoms with Gasteiger partial charge >= 0.3 is 0 Å². The summed E-state index contributed by atoms with van der Waals surface area (Å²) in [6, 6.07) is 28.5. The van der Waals surface area contributed by atoms with Crippen LogP contribution in [-0.2, 0) is 32.6 Å². The van der Waals surface area contributed by atoms with Crippen LogP contribution in [0.1, 0.15) is 53.1 Å². The molecule has 2 amide bonds. The number of nitrogens with zero attached hydrogens (tertiary/aromatic N) is 2. The molecule has 0 saturated carbocycles. The first-order valence-corrected chi connectivity index (χ1v) is 17.3. The van der Waals surface area contributed by atoms with E-state index in [1.165, 1.54) is 4.31 Å². The third-order valence-corrected chi connectivity index (χ3v) is 10.2. The molecule has 8 heteroatoms. The van der Waals surface area contributed by atoms with Crippen molar-refractivity contribution >= 4 is 27.5 Å². The van der Waals surface area contributed by atoms with Gasteiger partial charge in [0.15, 0.2) is 0 Å². The molecule has 7 nitrogen and oxygen atoms in total. The summed E-state index contributed by atoms with van der Waals surface area (Å²) < 4.78 is 29.8. The Bertz CT molecular complexity index is 1740. The summed E-state index contributed by atoms with van der Waals surface area (Å²) in [5.41, 5.74) is 5.78. The molecule has 0 heterocycles. The molecule has 0 aliphatic rings. The Hall–Kier alpha value is -4.43. The van der Waals surface area contributed by atoms with Crippen LogP contribution in [0.5, 0.6) is 0 Å².